The number of rotatable bonds is 9. The first-order chi connectivity index (χ1) is 17.4. The molecule has 0 radical (unpaired) electrons. The number of piperazine rings is 1. The molecular formula is C26H33N5O5. The lowest BCUT2D eigenvalue weighted by Gasteiger charge is -2.32. The van der Waals surface area contributed by atoms with Crippen molar-refractivity contribution in [2.24, 2.45) is 0 Å². The van der Waals surface area contributed by atoms with Gasteiger partial charge in [0.2, 0.25) is 0 Å². The van der Waals surface area contributed by atoms with Gasteiger partial charge in [-0.3, -0.25) is 14.2 Å². The molecule has 1 saturated heterocycles. The Balaban J connectivity index is 1.38. The summed E-state index contributed by atoms with van der Waals surface area (Å²) in [6, 6.07) is 10.0. The summed E-state index contributed by atoms with van der Waals surface area (Å²) in [6.45, 7) is 5.96. The molecule has 2 heterocycles. The lowest BCUT2D eigenvalue weighted by Crippen LogP contribution is -2.45. The van der Waals surface area contributed by atoms with E-state index in [9.17, 15) is 14.4 Å². The zero-order valence-electron chi connectivity index (χ0n) is 21.0. The van der Waals surface area contributed by atoms with Crippen LogP contribution in [-0.4, -0.2) is 85.8 Å². The Morgan fingerprint density at radius 2 is 1.67 bits per heavy atom. The van der Waals surface area contributed by atoms with Gasteiger partial charge in [0.05, 0.1) is 31.7 Å². The highest BCUT2D eigenvalue weighted by atomic mass is 16.5. The molecule has 1 fully saturated rings. The molecule has 1 aliphatic rings. The third-order valence-corrected chi connectivity index (χ3v) is 6.58. The summed E-state index contributed by atoms with van der Waals surface area (Å²) < 4.78 is 11.7. The molecule has 10 heteroatoms. The van der Waals surface area contributed by atoms with E-state index < -0.39 is 11.2 Å². The maximum Gasteiger partial charge on any atom is 0.329 e. The van der Waals surface area contributed by atoms with E-state index in [1.54, 1.807) is 36.4 Å². The summed E-state index contributed by atoms with van der Waals surface area (Å²) >= 11 is 0. The normalized spacial score (nSPS) is 14.6. The summed E-state index contributed by atoms with van der Waals surface area (Å²) in [6.07, 6.45) is 0.901. The van der Waals surface area contributed by atoms with Crippen LogP contribution in [0, 0.1) is 0 Å². The minimum Gasteiger partial charge on any atom is -0.493 e. The van der Waals surface area contributed by atoms with Crippen LogP contribution in [-0.2, 0) is 6.54 Å². The average molecular weight is 496 g/mol. The van der Waals surface area contributed by atoms with E-state index in [4.69, 9.17) is 9.47 Å². The number of ether oxygens (including phenoxy) is 2. The molecule has 1 aliphatic heterocycles. The van der Waals surface area contributed by atoms with Crippen LogP contribution in [0.2, 0.25) is 0 Å². The number of nitrogens with one attached hydrogen (secondary N) is 2. The van der Waals surface area contributed by atoms with Gasteiger partial charge in [-0.05, 0) is 43.8 Å². The number of aromatic nitrogens is 2. The van der Waals surface area contributed by atoms with Crippen molar-refractivity contribution < 1.29 is 14.3 Å². The number of aromatic amines is 1. The maximum atomic E-state index is 13.1. The van der Waals surface area contributed by atoms with Gasteiger partial charge in [0.1, 0.15) is 0 Å². The zero-order valence-corrected chi connectivity index (χ0v) is 21.0. The molecule has 0 atom stereocenters. The van der Waals surface area contributed by atoms with E-state index in [1.807, 2.05) is 0 Å². The number of hydrogen-bond donors (Lipinski definition) is 2. The Hall–Kier alpha value is -3.63. The Morgan fingerprint density at radius 1 is 1.00 bits per heavy atom. The van der Waals surface area contributed by atoms with Crippen LogP contribution in [0.1, 0.15) is 22.3 Å². The van der Waals surface area contributed by atoms with E-state index in [0.29, 0.717) is 34.5 Å². The smallest absolute Gasteiger partial charge is 0.329 e. The number of H-pyrrole nitrogens is 1. The van der Waals surface area contributed by atoms with E-state index in [2.05, 4.69) is 27.1 Å². The zero-order chi connectivity index (χ0) is 25.7. The van der Waals surface area contributed by atoms with Crippen LogP contribution in [0.5, 0.6) is 11.5 Å². The van der Waals surface area contributed by atoms with E-state index in [0.717, 1.165) is 49.3 Å². The molecule has 2 N–H and O–H groups in total. The first-order valence-electron chi connectivity index (χ1n) is 12.1. The number of methoxy groups -OCH3 is 2. The number of nitrogens with zero attached hydrogens (tertiary/aromatic N) is 3. The van der Waals surface area contributed by atoms with Crippen molar-refractivity contribution >= 4 is 16.8 Å². The largest absolute Gasteiger partial charge is 0.493 e. The first kappa shape index (κ1) is 25.5. The van der Waals surface area contributed by atoms with Gasteiger partial charge in [-0.25, -0.2) is 4.79 Å². The molecule has 10 nitrogen and oxygen atoms in total. The first-order valence-corrected chi connectivity index (χ1v) is 12.1. The van der Waals surface area contributed by atoms with Crippen LogP contribution in [0.3, 0.4) is 0 Å². The lowest BCUT2D eigenvalue weighted by atomic mass is 10.1. The van der Waals surface area contributed by atoms with Crippen LogP contribution in [0.4, 0.5) is 0 Å². The number of amides is 1. The van der Waals surface area contributed by atoms with Crippen molar-refractivity contribution in [2.45, 2.75) is 13.0 Å². The quantitative estimate of drug-likeness (QED) is 0.428. The predicted molar refractivity (Wildman–Crippen MR) is 138 cm³/mol. The molecule has 4 rings (SSSR count). The van der Waals surface area contributed by atoms with Crippen molar-refractivity contribution in [3.05, 3.63) is 68.4 Å². The van der Waals surface area contributed by atoms with E-state index in [-0.39, 0.29) is 12.5 Å². The lowest BCUT2D eigenvalue weighted by molar-refractivity contribution is 0.0949. The SMILES string of the molecule is COc1cc2[nH]c(=O)n(Cc3ccc(C(=O)NCCCN4CCN(C)CC4)cc3)c(=O)c2cc1OC. The standard InChI is InChI=1S/C26H33N5O5/c1-29-11-13-30(14-12-29)10-4-9-27-24(32)19-7-5-18(6-8-19)17-31-25(33)20-15-22(35-2)23(36-3)16-21(20)28-26(31)34/h5-8,15-16H,4,9-14,17H2,1-3H3,(H,27,32)(H,28,34). The van der Waals surface area contributed by atoms with Gasteiger partial charge in [-0.2, -0.15) is 0 Å². The summed E-state index contributed by atoms with van der Waals surface area (Å²) in [5.41, 5.74) is 0.682. The van der Waals surface area contributed by atoms with Gasteiger partial charge in [-0.15, -0.1) is 0 Å². The van der Waals surface area contributed by atoms with E-state index >= 15 is 0 Å². The van der Waals surface area contributed by atoms with Crippen molar-refractivity contribution in [3.63, 3.8) is 0 Å². The Morgan fingerprint density at radius 3 is 2.33 bits per heavy atom. The average Bonchev–Trinajstić information content (AvgIpc) is 2.89. The van der Waals surface area contributed by atoms with E-state index in [1.165, 1.54) is 14.2 Å². The number of likely N-dealkylation sites (N-methyl/N-ethyl adjacent to an activating group) is 1. The molecule has 1 aromatic heterocycles. The predicted octanol–water partition coefficient (Wildman–Crippen LogP) is 1.12. The molecule has 0 unspecified atom stereocenters. The summed E-state index contributed by atoms with van der Waals surface area (Å²) in [4.78, 5) is 45.7. The molecule has 0 saturated carbocycles. The van der Waals surface area contributed by atoms with Crippen molar-refractivity contribution in [1.82, 2.24) is 24.7 Å². The van der Waals surface area contributed by atoms with Crippen molar-refractivity contribution in [2.75, 3.05) is 60.5 Å². The number of carbonyl (C=O) groups is 1. The fraction of sp³-hybridized carbons (Fsp3) is 0.423. The molecule has 2 aromatic carbocycles. The third-order valence-electron chi connectivity index (χ3n) is 6.58. The number of hydrogen-bond acceptors (Lipinski definition) is 7. The van der Waals surface area contributed by atoms with Gasteiger partial charge in [0.25, 0.3) is 11.5 Å². The minimum absolute atomic E-state index is 0.0748. The molecule has 3 aromatic rings. The Labute approximate surface area is 209 Å². The highest BCUT2D eigenvalue weighted by molar-refractivity contribution is 5.94. The monoisotopic (exact) mass is 495 g/mol. The molecule has 36 heavy (non-hydrogen) atoms. The topological polar surface area (TPSA) is 109 Å². The molecule has 0 aliphatic carbocycles. The summed E-state index contributed by atoms with van der Waals surface area (Å²) in [7, 11) is 5.11. The van der Waals surface area contributed by atoms with Crippen LogP contribution in [0.25, 0.3) is 10.9 Å². The number of benzene rings is 2. The maximum absolute atomic E-state index is 13.1. The third kappa shape index (κ3) is 5.77. The van der Waals surface area contributed by atoms with Gasteiger partial charge in [-0.1, -0.05) is 12.1 Å². The summed E-state index contributed by atoms with van der Waals surface area (Å²) in [5, 5.41) is 3.29. The van der Waals surface area contributed by atoms with Gasteiger partial charge < -0.3 is 29.6 Å². The molecule has 0 bridgehead atoms. The fourth-order valence-corrected chi connectivity index (χ4v) is 4.35. The molecule has 192 valence electrons. The minimum atomic E-state index is -0.526. The van der Waals surface area contributed by atoms with Crippen LogP contribution in [0.15, 0.2) is 46.0 Å². The van der Waals surface area contributed by atoms with Crippen molar-refractivity contribution in [3.8, 4) is 11.5 Å². The second kappa shape index (κ2) is 11.4. The second-order valence-electron chi connectivity index (χ2n) is 9.03. The highest BCUT2D eigenvalue weighted by Crippen LogP contribution is 2.29. The Bertz CT molecular complexity index is 1320. The molecular weight excluding hydrogens is 462 g/mol. The van der Waals surface area contributed by atoms with Crippen LogP contribution < -0.4 is 26.0 Å². The van der Waals surface area contributed by atoms with Gasteiger partial charge in [0, 0.05) is 44.4 Å². The number of fused-ring (bicyclic) bond motifs is 1. The Kier molecular flexibility index (Phi) is 8.07. The second-order valence-corrected chi connectivity index (χ2v) is 9.03. The summed E-state index contributed by atoms with van der Waals surface area (Å²) in [5.74, 6) is 0.687. The molecule has 0 spiro atoms. The van der Waals surface area contributed by atoms with Gasteiger partial charge in [0.15, 0.2) is 11.5 Å². The van der Waals surface area contributed by atoms with Gasteiger partial charge >= 0.3 is 5.69 Å². The highest BCUT2D eigenvalue weighted by Gasteiger charge is 2.15. The van der Waals surface area contributed by atoms with Crippen molar-refractivity contribution in [1.29, 1.82) is 0 Å². The van der Waals surface area contributed by atoms with Crippen LogP contribution >= 0.6 is 0 Å². The molecule has 1 amide bonds. The fourth-order valence-electron chi connectivity index (χ4n) is 4.35. The number of carbonyl (C=O) groups excluding carboxylic acids is 1.